The lowest BCUT2D eigenvalue weighted by atomic mass is 10.0. The van der Waals surface area contributed by atoms with Gasteiger partial charge in [0.1, 0.15) is 29.5 Å². The first-order chi connectivity index (χ1) is 15.0. The second-order valence-corrected chi connectivity index (χ2v) is 9.91. The number of rotatable bonds is 6. The first-order valence-electron chi connectivity index (χ1n) is 10.4. The minimum absolute atomic E-state index is 0.0387. The van der Waals surface area contributed by atoms with Crippen LogP contribution in [0.1, 0.15) is 26.3 Å². The molecule has 0 aliphatic carbocycles. The topological polar surface area (TPSA) is 117 Å². The molecule has 0 aromatic heterocycles. The van der Waals surface area contributed by atoms with E-state index >= 15 is 0 Å². The molecule has 9 nitrogen and oxygen atoms in total. The maximum absolute atomic E-state index is 13.4. The van der Waals surface area contributed by atoms with Crippen LogP contribution in [0.3, 0.4) is 0 Å². The lowest BCUT2D eigenvalue weighted by Gasteiger charge is -2.37. The summed E-state index contributed by atoms with van der Waals surface area (Å²) < 4.78 is 39.1. The molecule has 0 saturated heterocycles. The molecule has 178 valence electrons. The van der Waals surface area contributed by atoms with Crippen molar-refractivity contribution in [1.82, 2.24) is 9.21 Å². The monoisotopic (exact) mass is 468 g/mol. The number of sulfonamides is 1. The molecule has 0 saturated carbocycles. The molecule has 10 heteroatoms. The molecule has 1 aliphatic heterocycles. The number of hydrogen-bond acceptors (Lipinski definition) is 7. The highest BCUT2D eigenvalue weighted by Gasteiger charge is 2.38. The lowest BCUT2D eigenvalue weighted by molar-refractivity contribution is -0.135. The molecule has 1 heterocycles. The maximum atomic E-state index is 13.4. The van der Waals surface area contributed by atoms with Gasteiger partial charge in [0.05, 0.1) is 13.2 Å². The average Bonchev–Trinajstić information content (AvgIpc) is 2.74. The Balaban J connectivity index is 2.55. The zero-order chi connectivity index (χ0) is 24.1. The van der Waals surface area contributed by atoms with Crippen LogP contribution < -0.4 is 4.74 Å². The molecule has 2 rings (SSSR count). The number of amides is 1. The van der Waals surface area contributed by atoms with Crippen molar-refractivity contribution in [2.45, 2.75) is 43.9 Å². The van der Waals surface area contributed by atoms with Crippen molar-refractivity contribution in [1.29, 1.82) is 0 Å². The number of hydrogen-bond donors (Lipinski definition) is 2. The van der Waals surface area contributed by atoms with Gasteiger partial charge in [0.25, 0.3) is 0 Å². The van der Waals surface area contributed by atoms with E-state index in [0.29, 0.717) is 5.56 Å². The first-order valence-corrected chi connectivity index (χ1v) is 11.8. The van der Waals surface area contributed by atoms with Crippen LogP contribution in [-0.4, -0.2) is 92.5 Å². The van der Waals surface area contributed by atoms with E-state index in [1.807, 2.05) is 6.92 Å². The number of nitrogens with zero attached hydrogens (tertiary/aromatic N) is 2. The molecule has 0 radical (unpaired) electrons. The smallest absolute Gasteiger partial charge is 0.248 e. The van der Waals surface area contributed by atoms with Gasteiger partial charge in [-0.2, -0.15) is 4.31 Å². The first kappa shape index (κ1) is 26.1. The van der Waals surface area contributed by atoms with Crippen LogP contribution in [0.2, 0.25) is 0 Å². The predicted octanol–water partition coefficient (Wildman–Crippen LogP) is 0.292. The van der Waals surface area contributed by atoms with E-state index in [1.54, 1.807) is 20.0 Å². The molecule has 1 aromatic carbocycles. The number of carbonyl (C=O) groups excluding carboxylic acids is 1. The fourth-order valence-electron chi connectivity index (χ4n) is 3.31. The van der Waals surface area contributed by atoms with Gasteiger partial charge in [0, 0.05) is 38.2 Å². The molecule has 1 aliphatic rings. The van der Waals surface area contributed by atoms with E-state index in [4.69, 9.17) is 9.47 Å². The molecule has 1 amide bonds. The van der Waals surface area contributed by atoms with Crippen LogP contribution in [0.4, 0.5) is 0 Å². The van der Waals surface area contributed by atoms with Crippen molar-refractivity contribution in [3.8, 4) is 17.6 Å². The van der Waals surface area contributed by atoms with Crippen LogP contribution in [0.15, 0.2) is 23.1 Å². The minimum atomic E-state index is -3.96. The molecule has 4 atom stereocenters. The van der Waals surface area contributed by atoms with Gasteiger partial charge in [0.2, 0.25) is 15.9 Å². The molecule has 2 N–H and O–H groups in total. The second-order valence-electron chi connectivity index (χ2n) is 8.05. The van der Waals surface area contributed by atoms with Gasteiger partial charge in [0.15, 0.2) is 0 Å². The summed E-state index contributed by atoms with van der Waals surface area (Å²) in [6, 6.07) is 3.84. The van der Waals surface area contributed by atoms with Crippen molar-refractivity contribution >= 4 is 15.9 Å². The Morgan fingerprint density at radius 1 is 1.41 bits per heavy atom. The van der Waals surface area contributed by atoms with Crippen LogP contribution in [0, 0.1) is 17.8 Å². The Labute approximate surface area is 190 Å². The third-order valence-corrected chi connectivity index (χ3v) is 7.26. The quantitative estimate of drug-likeness (QED) is 0.577. The Kier molecular flexibility index (Phi) is 9.07. The average molecular weight is 469 g/mol. The van der Waals surface area contributed by atoms with Gasteiger partial charge in [-0.05, 0) is 32.0 Å². The van der Waals surface area contributed by atoms with Crippen LogP contribution in [0.5, 0.6) is 5.75 Å². The maximum Gasteiger partial charge on any atom is 0.248 e. The molecular formula is C22H32N2O7S. The summed E-state index contributed by atoms with van der Waals surface area (Å²) in [6.07, 6.45) is -1.36. The highest BCUT2D eigenvalue weighted by atomic mass is 32.2. The Bertz CT molecular complexity index is 968. The third-order valence-electron chi connectivity index (χ3n) is 5.24. The minimum Gasteiger partial charge on any atom is -0.487 e. The number of methoxy groups -OCH3 is 1. The molecule has 0 bridgehead atoms. The van der Waals surface area contributed by atoms with Crippen LogP contribution >= 0.6 is 0 Å². The summed E-state index contributed by atoms with van der Waals surface area (Å²) >= 11 is 0. The standard InChI is InChI=1S/C22H32N2O7S/c1-15-11-24(16(2)13-25)32(28,29)21-9-8-18(7-6-17(3)26)10-19(21)31-20(15)12-23(4)22(27)14-30-5/h8-10,15-17,20,25-26H,11-14H2,1-5H3/t15-,16+,17+,20+/m1/s1. The van der Waals surface area contributed by atoms with Gasteiger partial charge in [-0.3, -0.25) is 4.79 Å². The SMILES string of the molecule is COCC(=O)N(C)C[C@@H]1Oc2cc(C#C[C@H](C)O)ccc2S(=O)(=O)N([C@@H](C)CO)C[C@H]1C. The Morgan fingerprint density at radius 3 is 2.69 bits per heavy atom. The normalized spacial score (nSPS) is 22.2. The number of aliphatic hydroxyl groups excluding tert-OH is 2. The highest BCUT2D eigenvalue weighted by Crippen LogP contribution is 2.34. The van der Waals surface area contributed by atoms with Crippen molar-refractivity contribution in [2.75, 3.05) is 40.5 Å². The van der Waals surface area contributed by atoms with E-state index in [2.05, 4.69) is 11.8 Å². The third kappa shape index (κ3) is 6.21. The van der Waals surface area contributed by atoms with Gasteiger partial charge in [-0.15, -0.1) is 0 Å². The number of ether oxygens (including phenoxy) is 2. The van der Waals surface area contributed by atoms with Gasteiger partial charge >= 0.3 is 0 Å². The van der Waals surface area contributed by atoms with Gasteiger partial charge in [-0.25, -0.2) is 8.42 Å². The van der Waals surface area contributed by atoms with Crippen molar-refractivity contribution in [3.63, 3.8) is 0 Å². The Hall–Kier alpha value is -2.16. The van der Waals surface area contributed by atoms with E-state index in [-0.39, 0.29) is 48.8 Å². The fraction of sp³-hybridized carbons (Fsp3) is 0.591. The highest BCUT2D eigenvalue weighted by molar-refractivity contribution is 7.89. The second kappa shape index (κ2) is 11.1. The zero-order valence-electron chi connectivity index (χ0n) is 19.1. The van der Waals surface area contributed by atoms with Gasteiger partial charge in [-0.1, -0.05) is 18.8 Å². The summed E-state index contributed by atoms with van der Waals surface area (Å²) in [5, 5.41) is 19.1. The zero-order valence-corrected chi connectivity index (χ0v) is 19.9. The summed E-state index contributed by atoms with van der Waals surface area (Å²) in [5.41, 5.74) is 0.484. The fourth-order valence-corrected chi connectivity index (χ4v) is 5.14. The van der Waals surface area contributed by atoms with Crippen molar-refractivity contribution in [2.24, 2.45) is 5.92 Å². The predicted molar refractivity (Wildman–Crippen MR) is 119 cm³/mol. The summed E-state index contributed by atoms with van der Waals surface area (Å²) in [4.78, 5) is 13.7. The van der Waals surface area contributed by atoms with Gasteiger partial charge < -0.3 is 24.6 Å². The molecular weight excluding hydrogens is 436 g/mol. The van der Waals surface area contributed by atoms with Crippen LogP contribution in [-0.2, 0) is 19.6 Å². The van der Waals surface area contributed by atoms with E-state index in [0.717, 1.165) is 0 Å². The van der Waals surface area contributed by atoms with E-state index in [1.165, 1.54) is 35.4 Å². The summed E-state index contributed by atoms with van der Waals surface area (Å²) in [5.74, 6) is 5.01. The van der Waals surface area contributed by atoms with Crippen molar-refractivity contribution in [3.05, 3.63) is 23.8 Å². The molecule has 0 spiro atoms. The van der Waals surface area contributed by atoms with Crippen LogP contribution in [0.25, 0.3) is 0 Å². The summed E-state index contributed by atoms with van der Waals surface area (Å²) in [6.45, 7) is 4.93. The number of fused-ring (bicyclic) bond motifs is 1. The van der Waals surface area contributed by atoms with Crippen molar-refractivity contribution < 1.29 is 32.9 Å². The lowest BCUT2D eigenvalue weighted by Crippen LogP contribution is -2.50. The van der Waals surface area contributed by atoms with E-state index < -0.39 is 28.3 Å². The summed E-state index contributed by atoms with van der Waals surface area (Å²) in [7, 11) is -0.894. The van der Waals surface area contributed by atoms with E-state index in [9.17, 15) is 23.4 Å². The molecule has 0 fully saturated rings. The molecule has 0 unspecified atom stereocenters. The number of aliphatic hydroxyl groups is 2. The largest absolute Gasteiger partial charge is 0.487 e. The Morgan fingerprint density at radius 2 is 2.09 bits per heavy atom. The molecule has 1 aromatic rings. The number of benzene rings is 1. The number of likely N-dealkylation sites (N-methyl/N-ethyl adjacent to an activating group) is 1. The molecule has 32 heavy (non-hydrogen) atoms. The number of carbonyl (C=O) groups is 1.